The molecule has 2 aliphatic rings. The Morgan fingerprint density at radius 2 is 1.86 bits per heavy atom. The fourth-order valence-electron chi connectivity index (χ4n) is 3.43. The van der Waals surface area contributed by atoms with Crippen LogP contribution in [0.2, 0.25) is 0 Å². The van der Waals surface area contributed by atoms with Crippen molar-refractivity contribution < 1.29 is 13.5 Å². The molecule has 4 nitrogen and oxygen atoms in total. The molecule has 0 bridgehead atoms. The maximum atomic E-state index is 12.4. The Labute approximate surface area is 126 Å². The summed E-state index contributed by atoms with van der Waals surface area (Å²) < 4.78 is 27.4. The lowest BCUT2D eigenvalue weighted by Crippen LogP contribution is -2.32. The molecule has 0 radical (unpaired) electrons. The molecule has 3 rings (SSSR count). The standard InChI is InChI=1S/C16H23NO3S/c18-16-7-3-6-14(16)11-17-21(19,20)15-9-8-12-4-1-2-5-13(12)10-15/h8-10,14,16-18H,1-7,11H2. The second-order valence-corrected chi connectivity index (χ2v) is 8.01. The van der Waals surface area contributed by atoms with Crippen LogP contribution in [0, 0.1) is 5.92 Å². The molecular formula is C16H23NO3S. The van der Waals surface area contributed by atoms with Crippen LogP contribution < -0.4 is 4.72 Å². The van der Waals surface area contributed by atoms with Crippen molar-refractivity contribution in [2.45, 2.75) is 55.9 Å². The Balaban J connectivity index is 1.72. The van der Waals surface area contributed by atoms with Gasteiger partial charge in [0.05, 0.1) is 11.0 Å². The van der Waals surface area contributed by atoms with Crippen molar-refractivity contribution in [3.05, 3.63) is 29.3 Å². The van der Waals surface area contributed by atoms with Crippen molar-refractivity contribution in [2.75, 3.05) is 6.54 Å². The van der Waals surface area contributed by atoms with E-state index in [1.807, 2.05) is 12.1 Å². The van der Waals surface area contributed by atoms with Gasteiger partial charge in [-0.05, 0) is 67.7 Å². The van der Waals surface area contributed by atoms with E-state index in [1.165, 1.54) is 17.5 Å². The topological polar surface area (TPSA) is 66.4 Å². The summed E-state index contributed by atoms with van der Waals surface area (Å²) in [6, 6.07) is 5.48. The largest absolute Gasteiger partial charge is 0.393 e. The van der Waals surface area contributed by atoms with E-state index in [0.29, 0.717) is 11.4 Å². The zero-order valence-electron chi connectivity index (χ0n) is 12.2. The van der Waals surface area contributed by atoms with E-state index in [1.54, 1.807) is 6.07 Å². The molecule has 0 amide bonds. The molecule has 1 fully saturated rings. The maximum absolute atomic E-state index is 12.4. The average Bonchev–Trinajstić information content (AvgIpc) is 2.90. The SMILES string of the molecule is O=S(=O)(NCC1CCCC1O)c1ccc2c(c1)CCCC2. The predicted octanol–water partition coefficient (Wildman–Crippen LogP) is 2.00. The van der Waals surface area contributed by atoms with Gasteiger partial charge in [-0.1, -0.05) is 12.5 Å². The molecule has 0 aliphatic heterocycles. The third-order valence-electron chi connectivity index (χ3n) is 4.78. The minimum Gasteiger partial charge on any atom is -0.393 e. The predicted molar refractivity (Wildman–Crippen MR) is 81.6 cm³/mol. The quantitative estimate of drug-likeness (QED) is 0.894. The van der Waals surface area contributed by atoms with Crippen molar-refractivity contribution in [1.29, 1.82) is 0 Å². The second kappa shape index (κ2) is 6.07. The van der Waals surface area contributed by atoms with Gasteiger partial charge < -0.3 is 5.11 Å². The number of fused-ring (bicyclic) bond motifs is 1. The van der Waals surface area contributed by atoms with Crippen LogP contribution in [0.1, 0.15) is 43.2 Å². The molecule has 1 aromatic rings. The Hall–Kier alpha value is -0.910. The highest BCUT2D eigenvalue weighted by Crippen LogP contribution is 2.26. The molecular weight excluding hydrogens is 286 g/mol. The van der Waals surface area contributed by atoms with Crippen molar-refractivity contribution in [3.63, 3.8) is 0 Å². The molecule has 0 aromatic heterocycles. The Morgan fingerprint density at radius 1 is 1.10 bits per heavy atom. The van der Waals surface area contributed by atoms with Crippen molar-refractivity contribution in [3.8, 4) is 0 Å². The summed E-state index contributed by atoms with van der Waals surface area (Å²) in [7, 11) is -3.47. The van der Waals surface area contributed by atoms with Crippen LogP contribution in [-0.4, -0.2) is 26.2 Å². The number of hydrogen-bond acceptors (Lipinski definition) is 3. The minimum absolute atomic E-state index is 0.0532. The lowest BCUT2D eigenvalue weighted by molar-refractivity contribution is 0.134. The fourth-order valence-corrected chi connectivity index (χ4v) is 4.58. The molecule has 2 atom stereocenters. The zero-order valence-corrected chi connectivity index (χ0v) is 13.0. The van der Waals surface area contributed by atoms with Gasteiger partial charge in [0.2, 0.25) is 10.0 Å². The molecule has 1 aromatic carbocycles. The maximum Gasteiger partial charge on any atom is 0.240 e. The van der Waals surface area contributed by atoms with Crippen LogP contribution in [0.5, 0.6) is 0 Å². The van der Waals surface area contributed by atoms with E-state index in [-0.39, 0.29) is 12.0 Å². The van der Waals surface area contributed by atoms with Gasteiger partial charge in [-0.15, -0.1) is 0 Å². The van der Waals surface area contributed by atoms with Crippen LogP contribution in [-0.2, 0) is 22.9 Å². The third kappa shape index (κ3) is 3.30. The average molecular weight is 309 g/mol. The molecule has 0 spiro atoms. The normalized spacial score (nSPS) is 25.8. The number of sulfonamides is 1. The van der Waals surface area contributed by atoms with Gasteiger partial charge >= 0.3 is 0 Å². The van der Waals surface area contributed by atoms with Gasteiger partial charge in [-0.2, -0.15) is 0 Å². The Morgan fingerprint density at radius 3 is 2.57 bits per heavy atom. The number of aliphatic hydroxyl groups excluding tert-OH is 1. The summed E-state index contributed by atoms with van der Waals surface area (Å²) in [6.07, 6.45) is 6.65. The highest BCUT2D eigenvalue weighted by molar-refractivity contribution is 7.89. The van der Waals surface area contributed by atoms with Crippen LogP contribution in [0.25, 0.3) is 0 Å². The van der Waals surface area contributed by atoms with E-state index in [9.17, 15) is 13.5 Å². The van der Waals surface area contributed by atoms with Crippen LogP contribution in [0.15, 0.2) is 23.1 Å². The van der Waals surface area contributed by atoms with Gasteiger partial charge in [0.1, 0.15) is 0 Å². The first-order valence-corrected chi connectivity index (χ1v) is 9.34. The van der Waals surface area contributed by atoms with Gasteiger partial charge in [0.25, 0.3) is 0 Å². The third-order valence-corrected chi connectivity index (χ3v) is 6.21. The summed E-state index contributed by atoms with van der Waals surface area (Å²) in [4.78, 5) is 0.357. The van der Waals surface area contributed by atoms with Gasteiger partial charge in [-0.3, -0.25) is 0 Å². The monoisotopic (exact) mass is 309 g/mol. The van der Waals surface area contributed by atoms with Gasteiger partial charge in [0, 0.05) is 6.54 Å². The number of nitrogens with one attached hydrogen (secondary N) is 1. The van der Waals surface area contributed by atoms with Crippen LogP contribution in [0.3, 0.4) is 0 Å². The molecule has 5 heteroatoms. The molecule has 0 saturated heterocycles. The lowest BCUT2D eigenvalue weighted by Gasteiger charge is -2.18. The van der Waals surface area contributed by atoms with Crippen LogP contribution in [0.4, 0.5) is 0 Å². The van der Waals surface area contributed by atoms with E-state index in [4.69, 9.17) is 0 Å². The lowest BCUT2D eigenvalue weighted by atomic mass is 9.92. The molecule has 2 unspecified atom stereocenters. The summed E-state index contributed by atoms with van der Waals surface area (Å²) in [5, 5.41) is 9.78. The molecule has 21 heavy (non-hydrogen) atoms. The first-order chi connectivity index (χ1) is 10.1. The first-order valence-electron chi connectivity index (χ1n) is 7.86. The van der Waals surface area contributed by atoms with Crippen LogP contribution >= 0.6 is 0 Å². The highest BCUT2D eigenvalue weighted by atomic mass is 32.2. The zero-order chi connectivity index (χ0) is 14.9. The number of aliphatic hydroxyl groups is 1. The fraction of sp³-hybridized carbons (Fsp3) is 0.625. The van der Waals surface area contributed by atoms with E-state index >= 15 is 0 Å². The number of rotatable bonds is 4. The molecule has 1 saturated carbocycles. The second-order valence-electron chi connectivity index (χ2n) is 6.25. The smallest absolute Gasteiger partial charge is 0.240 e. The number of hydrogen-bond donors (Lipinski definition) is 2. The van der Waals surface area contributed by atoms with E-state index in [0.717, 1.165) is 38.5 Å². The molecule has 2 N–H and O–H groups in total. The summed E-state index contributed by atoms with van der Waals surface area (Å²) >= 11 is 0. The van der Waals surface area contributed by atoms with E-state index in [2.05, 4.69) is 4.72 Å². The van der Waals surface area contributed by atoms with E-state index < -0.39 is 10.0 Å². The van der Waals surface area contributed by atoms with Gasteiger partial charge in [-0.25, -0.2) is 13.1 Å². The summed E-state index contributed by atoms with van der Waals surface area (Å²) in [6.45, 7) is 0.334. The highest BCUT2D eigenvalue weighted by Gasteiger charge is 2.27. The van der Waals surface area contributed by atoms with Gasteiger partial charge in [0.15, 0.2) is 0 Å². The molecule has 2 aliphatic carbocycles. The first kappa shape index (κ1) is 15.0. The number of benzene rings is 1. The Bertz CT molecular complexity index is 612. The van der Waals surface area contributed by atoms with Crippen molar-refractivity contribution >= 4 is 10.0 Å². The molecule has 116 valence electrons. The van der Waals surface area contributed by atoms with Crippen molar-refractivity contribution in [1.82, 2.24) is 4.72 Å². The Kier molecular flexibility index (Phi) is 4.33. The summed E-state index contributed by atoms with van der Waals surface area (Å²) in [5.41, 5.74) is 2.46. The minimum atomic E-state index is -3.47. The summed E-state index contributed by atoms with van der Waals surface area (Å²) in [5.74, 6) is 0.0532. The van der Waals surface area contributed by atoms with Crippen molar-refractivity contribution in [2.24, 2.45) is 5.92 Å². The molecule has 0 heterocycles. The number of aryl methyl sites for hydroxylation is 2.